The van der Waals surface area contributed by atoms with E-state index in [1.807, 2.05) is 20.8 Å². The second-order valence-corrected chi connectivity index (χ2v) is 5.07. The van der Waals surface area contributed by atoms with Crippen LogP contribution in [0.5, 0.6) is 0 Å². The van der Waals surface area contributed by atoms with Crippen molar-refractivity contribution in [3.05, 3.63) is 35.4 Å². The number of nitrogens with one attached hydrogen (secondary N) is 1. The van der Waals surface area contributed by atoms with Gasteiger partial charge >= 0.3 is 6.18 Å². The Hall–Kier alpha value is -1.07. The summed E-state index contributed by atoms with van der Waals surface area (Å²) in [6.07, 6.45) is -3.25. The number of rotatable bonds is 7. The largest absolute Gasteiger partial charge is 0.416 e. The van der Waals surface area contributed by atoms with Crippen molar-refractivity contribution in [3.8, 4) is 0 Å². The Morgan fingerprint density at radius 3 is 2.50 bits per heavy atom. The highest BCUT2D eigenvalue weighted by Crippen LogP contribution is 2.30. The zero-order valence-electron chi connectivity index (χ0n) is 12.1. The van der Waals surface area contributed by atoms with Gasteiger partial charge in [0.05, 0.1) is 11.7 Å². The molecule has 1 aromatic rings. The van der Waals surface area contributed by atoms with Crippen molar-refractivity contribution < 1.29 is 17.9 Å². The van der Waals surface area contributed by atoms with E-state index in [-0.39, 0.29) is 12.1 Å². The van der Waals surface area contributed by atoms with Gasteiger partial charge < -0.3 is 10.1 Å². The average molecular weight is 289 g/mol. The molecule has 0 aliphatic heterocycles. The normalized spacial score (nSPS) is 13.8. The number of ether oxygens (including phenoxy) is 1. The summed E-state index contributed by atoms with van der Waals surface area (Å²) < 4.78 is 43.3. The van der Waals surface area contributed by atoms with Gasteiger partial charge in [-0.2, -0.15) is 13.2 Å². The van der Waals surface area contributed by atoms with E-state index in [0.717, 1.165) is 12.5 Å². The molecule has 0 fully saturated rings. The molecule has 1 atom stereocenters. The topological polar surface area (TPSA) is 21.3 Å². The second-order valence-electron chi connectivity index (χ2n) is 5.07. The van der Waals surface area contributed by atoms with Gasteiger partial charge in [-0.15, -0.1) is 0 Å². The summed E-state index contributed by atoms with van der Waals surface area (Å²) in [7, 11) is 0. The fourth-order valence-electron chi connectivity index (χ4n) is 1.81. The molecule has 1 aromatic carbocycles. The highest BCUT2D eigenvalue weighted by molar-refractivity contribution is 5.27. The molecule has 0 amide bonds. The molecule has 1 N–H and O–H groups in total. The van der Waals surface area contributed by atoms with Gasteiger partial charge in [0.2, 0.25) is 0 Å². The number of alkyl halides is 3. The average Bonchev–Trinajstić information content (AvgIpc) is 2.37. The maximum atomic E-state index is 12.6. The highest BCUT2D eigenvalue weighted by Gasteiger charge is 2.30. The second kappa shape index (κ2) is 7.64. The first-order valence-corrected chi connectivity index (χ1v) is 6.83. The quantitative estimate of drug-likeness (QED) is 0.761. The highest BCUT2D eigenvalue weighted by atomic mass is 19.4. The van der Waals surface area contributed by atoms with Gasteiger partial charge in [-0.05, 0) is 51.4 Å². The van der Waals surface area contributed by atoms with E-state index < -0.39 is 11.7 Å². The molecule has 0 aliphatic carbocycles. The molecule has 1 unspecified atom stereocenters. The first-order chi connectivity index (χ1) is 9.30. The monoisotopic (exact) mass is 289 g/mol. The molecule has 0 saturated heterocycles. The first-order valence-electron chi connectivity index (χ1n) is 6.83. The molecule has 1 rings (SSSR count). The van der Waals surface area contributed by atoms with Crippen LogP contribution in [0.3, 0.4) is 0 Å². The fourth-order valence-corrected chi connectivity index (χ4v) is 1.81. The van der Waals surface area contributed by atoms with Crippen LogP contribution in [-0.2, 0) is 10.9 Å². The van der Waals surface area contributed by atoms with Crippen molar-refractivity contribution >= 4 is 0 Å². The zero-order valence-corrected chi connectivity index (χ0v) is 12.1. The third-order valence-electron chi connectivity index (χ3n) is 2.94. The van der Waals surface area contributed by atoms with Crippen molar-refractivity contribution in [2.75, 3.05) is 13.2 Å². The fraction of sp³-hybridized carbons (Fsp3) is 0.600. The molecule has 0 saturated carbocycles. The van der Waals surface area contributed by atoms with E-state index in [4.69, 9.17) is 4.74 Å². The van der Waals surface area contributed by atoms with Crippen LogP contribution in [0.25, 0.3) is 0 Å². The molecule has 0 aliphatic rings. The maximum absolute atomic E-state index is 12.6. The molecule has 20 heavy (non-hydrogen) atoms. The predicted molar refractivity (Wildman–Crippen MR) is 73.6 cm³/mol. The van der Waals surface area contributed by atoms with Gasteiger partial charge in [0.25, 0.3) is 0 Å². The van der Waals surface area contributed by atoms with Crippen LogP contribution >= 0.6 is 0 Å². The zero-order chi connectivity index (χ0) is 15.2. The summed E-state index contributed by atoms with van der Waals surface area (Å²) in [6, 6.07) is 5.32. The van der Waals surface area contributed by atoms with Crippen LogP contribution in [0.2, 0.25) is 0 Å². The molecular weight excluding hydrogens is 267 g/mol. The van der Waals surface area contributed by atoms with E-state index in [9.17, 15) is 13.2 Å². The van der Waals surface area contributed by atoms with Crippen LogP contribution in [0.4, 0.5) is 13.2 Å². The third-order valence-corrected chi connectivity index (χ3v) is 2.94. The smallest absolute Gasteiger partial charge is 0.379 e. The number of hydrogen-bond donors (Lipinski definition) is 1. The Bertz CT molecular complexity index is 404. The molecule has 0 heterocycles. The van der Waals surface area contributed by atoms with Crippen LogP contribution in [0.1, 0.15) is 44.4 Å². The number of hydrogen-bond acceptors (Lipinski definition) is 2. The van der Waals surface area contributed by atoms with Crippen molar-refractivity contribution in [1.82, 2.24) is 5.32 Å². The van der Waals surface area contributed by atoms with Crippen molar-refractivity contribution in [2.45, 2.75) is 45.5 Å². The molecule has 114 valence electrons. The Kier molecular flexibility index (Phi) is 6.49. The lowest BCUT2D eigenvalue weighted by molar-refractivity contribution is -0.137. The molecule has 0 bridgehead atoms. The minimum atomic E-state index is -4.29. The van der Waals surface area contributed by atoms with Gasteiger partial charge in [0.1, 0.15) is 0 Å². The molecule has 0 radical (unpaired) electrons. The Morgan fingerprint density at radius 1 is 1.20 bits per heavy atom. The maximum Gasteiger partial charge on any atom is 0.416 e. The summed E-state index contributed by atoms with van der Waals surface area (Å²) in [5.41, 5.74) is 0.0383. The van der Waals surface area contributed by atoms with E-state index in [2.05, 4.69) is 5.32 Å². The standard InChI is InChI=1S/C15H22F3NO/c1-11(2)20-9-5-8-19-12(3)13-6-4-7-14(10-13)15(16,17)18/h4,6-7,10-12,19H,5,8-9H2,1-3H3. The van der Waals surface area contributed by atoms with Gasteiger partial charge in [0.15, 0.2) is 0 Å². The van der Waals surface area contributed by atoms with Gasteiger partial charge in [-0.25, -0.2) is 0 Å². The predicted octanol–water partition coefficient (Wildman–Crippen LogP) is 4.17. The Balaban J connectivity index is 2.45. The minimum absolute atomic E-state index is 0.114. The van der Waals surface area contributed by atoms with Crippen LogP contribution in [-0.4, -0.2) is 19.3 Å². The lowest BCUT2D eigenvalue weighted by atomic mass is 10.0. The van der Waals surface area contributed by atoms with Gasteiger partial charge in [-0.3, -0.25) is 0 Å². The molecule has 5 heteroatoms. The summed E-state index contributed by atoms with van der Waals surface area (Å²) in [5, 5.41) is 3.20. The molecule has 0 aromatic heterocycles. The molecular formula is C15H22F3NO. The van der Waals surface area contributed by atoms with Gasteiger partial charge in [0, 0.05) is 12.6 Å². The van der Waals surface area contributed by atoms with E-state index in [0.29, 0.717) is 18.7 Å². The SMILES string of the molecule is CC(C)OCCCNC(C)c1cccc(C(F)(F)F)c1. The lowest BCUT2D eigenvalue weighted by Crippen LogP contribution is -2.22. The molecule has 2 nitrogen and oxygen atoms in total. The van der Waals surface area contributed by atoms with Crippen LogP contribution in [0.15, 0.2) is 24.3 Å². The minimum Gasteiger partial charge on any atom is -0.379 e. The third kappa shape index (κ3) is 5.92. The van der Waals surface area contributed by atoms with E-state index in [1.165, 1.54) is 12.1 Å². The Morgan fingerprint density at radius 2 is 1.90 bits per heavy atom. The summed E-state index contributed by atoms with van der Waals surface area (Å²) >= 11 is 0. The van der Waals surface area contributed by atoms with Crippen molar-refractivity contribution in [2.24, 2.45) is 0 Å². The summed E-state index contributed by atoms with van der Waals surface area (Å²) in [5.74, 6) is 0. The Labute approximate surface area is 118 Å². The van der Waals surface area contributed by atoms with E-state index in [1.54, 1.807) is 6.07 Å². The summed E-state index contributed by atoms with van der Waals surface area (Å²) in [4.78, 5) is 0. The molecule has 0 spiro atoms. The van der Waals surface area contributed by atoms with Crippen LogP contribution < -0.4 is 5.32 Å². The number of benzene rings is 1. The lowest BCUT2D eigenvalue weighted by Gasteiger charge is -2.16. The van der Waals surface area contributed by atoms with Crippen molar-refractivity contribution in [1.29, 1.82) is 0 Å². The first kappa shape index (κ1) is 17.0. The van der Waals surface area contributed by atoms with Crippen molar-refractivity contribution in [3.63, 3.8) is 0 Å². The van der Waals surface area contributed by atoms with E-state index >= 15 is 0 Å². The number of halogens is 3. The van der Waals surface area contributed by atoms with Crippen LogP contribution in [0, 0.1) is 0 Å². The van der Waals surface area contributed by atoms with Gasteiger partial charge in [-0.1, -0.05) is 12.1 Å². The summed E-state index contributed by atoms with van der Waals surface area (Å²) in [6.45, 7) is 7.17.